The summed E-state index contributed by atoms with van der Waals surface area (Å²) in [7, 11) is 1.82. The van der Waals surface area contributed by atoms with Gasteiger partial charge in [-0.2, -0.15) is 0 Å². The van der Waals surface area contributed by atoms with Gasteiger partial charge < -0.3 is 19.8 Å². The van der Waals surface area contributed by atoms with Crippen molar-refractivity contribution >= 4 is 35.6 Å². The molecule has 3 rings (SSSR count). The molecule has 0 amide bonds. The summed E-state index contributed by atoms with van der Waals surface area (Å²) in [5.41, 5.74) is 3.32. The van der Waals surface area contributed by atoms with Gasteiger partial charge in [-0.05, 0) is 24.5 Å². The van der Waals surface area contributed by atoms with Gasteiger partial charge in [0.1, 0.15) is 5.65 Å². The predicted molar refractivity (Wildman–Crippen MR) is 129 cm³/mol. The SMILES string of the molecule is CN=C(NCCc1cn2cccc(C)c2n1)NCC(C(C)C)N1CCOCC1.I. The molecule has 0 aromatic carbocycles. The Morgan fingerprint density at radius 1 is 1.28 bits per heavy atom. The van der Waals surface area contributed by atoms with E-state index in [1.54, 1.807) is 0 Å². The third-order valence-electron chi connectivity index (χ3n) is 5.39. The van der Waals surface area contributed by atoms with Crippen molar-refractivity contribution in [3.8, 4) is 0 Å². The van der Waals surface area contributed by atoms with Crippen LogP contribution in [0.4, 0.5) is 0 Å². The molecule has 2 aromatic heterocycles. The van der Waals surface area contributed by atoms with E-state index in [1.807, 2.05) is 13.2 Å². The lowest BCUT2D eigenvalue weighted by molar-refractivity contribution is 0.00752. The number of hydrogen-bond acceptors (Lipinski definition) is 4. The van der Waals surface area contributed by atoms with Crippen LogP contribution < -0.4 is 10.6 Å². The number of fused-ring (bicyclic) bond motifs is 1. The Labute approximate surface area is 191 Å². The van der Waals surface area contributed by atoms with E-state index < -0.39 is 0 Å². The largest absolute Gasteiger partial charge is 0.379 e. The molecule has 1 unspecified atom stereocenters. The maximum absolute atomic E-state index is 5.49. The quantitative estimate of drug-likeness (QED) is 0.338. The summed E-state index contributed by atoms with van der Waals surface area (Å²) in [6.45, 7) is 12.0. The van der Waals surface area contributed by atoms with E-state index in [-0.39, 0.29) is 24.0 Å². The maximum Gasteiger partial charge on any atom is 0.191 e. The van der Waals surface area contributed by atoms with Crippen molar-refractivity contribution in [2.45, 2.75) is 33.2 Å². The Balaban J connectivity index is 0.00000300. The average molecular weight is 514 g/mol. The van der Waals surface area contributed by atoms with Crippen molar-refractivity contribution in [2.24, 2.45) is 10.9 Å². The van der Waals surface area contributed by atoms with Crippen LogP contribution in [0.25, 0.3) is 5.65 Å². The molecule has 2 N–H and O–H groups in total. The van der Waals surface area contributed by atoms with Crippen LogP contribution in [0.3, 0.4) is 0 Å². The molecule has 0 spiro atoms. The molecule has 0 radical (unpaired) electrons. The van der Waals surface area contributed by atoms with E-state index in [4.69, 9.17) is 9.72 Å². The number of nitrogens with zero attached hydrogens (tertiary/aromatic N) is 4. The number of aliphatic imine (C=N–C) groups is 1. The molecular formula is C21H35IN6O. The molecule has 1 atom stereocenters. The molecule has 0 saturated carbocycles. The van der Waals surface area contributed by atoms with Gasteiger partial charge in [-0.15, -0.1) is 24.0 Å². The highest BCUT2D eigenvalue weighted by atomic mass is 127. The van der Waals surface area contributed by atoms with Gasteiger partial charge in [0, 0.05) is 58.1 Å². The summed E-state index contributed by atoms with van der Waals surface area (Å²) in [5, 5.41) is 6.92. The molecule has 1 saturated heterocycles. The Bertz CT molecular complexity index is 785. The van der Waals surface area contributed by atoms with Gasteiger partial charge in [0.25, 0.3) is 0 Å². The lowest BCUT2D eigenvalue weighted by Crippen LogP contribution is -2.52. The number of guanidine groups is 1. The molecule has 3 heterocycles. The van der Waals surface area contributed by atoms with Crippen molar-refractivity contribution < 1.29 is 4.74 Å². The summed E-state index contributed by atoms with van der Waals surface area (Å²) < 4.78 is 7.59. The van der Waals surface area contributed by atoms with E-state index in [9.17, 15) is 0 Å². The zero-order valence-electron chi connectivity index (χ0n) is 18.0. The molecule has 2 aromatic rings. The Hall–Kier alpha value is -1.39. The van der Waals surface area contributed by atoms with E-state index in [2.05, 4.69) is 64.0 Å². The van der Waals surface area contributed by atoms with E-state index in [0.717, 1.165) is 63.1 Å². The second-order valence-corrected chi connectivity index (χ2v) is 7.74. The fourth-order valence-corrected chi connectivity index (χ4v) is 3.75. The Kier molecular flexibility index (Phi) is 9.64. The van der Waals surface area contributed by atoms with Crippen molar-refractivity contribution in [2.75, 3.05) is 46.4 Å². The maximum atomic E-state index is 5.49. The first-order chi connectivity index (χ1) is 13.6. The zero-order valence-corrected chi connectivity index (χ0v) is 20.3. The van der Waals surface area contributed by atoms with Crippen LogP contribution in [0.5, 0.6) is 0 Å². The van der Waals surface area contributed by atoms with E-state index >= 15 is 0 Å². The first-order valence-electron chi connectivity index (χ1n) is 10.3. The highest BCUT2D eigenvalue weighted by molar-refractivity contribution is 14.0. The van der Waals surface area contributed by atoms with Crippen molar-refractivity contribution in [3.05, 3.63) is 35.8 Å². The van der Waals surface area contributed by atoms with Gasteiger partial charge in [-0.1, -0.05) is 19.9 Å². The minimum atomic E-state index is 0. The summed E-state index contributed by atoms with van der Waals surface area (Å²) in [5.74, 6) is 1.42. The van der Waals surface area contributed by atoms with Crippen molar-refractivity contribution in [3.63, 3.8) is 0 Å². The van der Waals surface area contributed by atoms with Gasteiger partial charge in [0.2, 0.25) is 0 Å². The molecule has 7 nitrogen and oxygen atoms in total. The first-order valence-corrected chi connectivity index (χ1v) is 10.3. The summed E-state index contributed by atoms with van der Waals surface area (Å²) in [6.07, 6.45) is 5.01. The van der Waals surface area contributed by atoms with E-state index in [0.29, 0.717) is 12.0 Å². The van der Waals surface area contributed by atoms with Gasteiger partial charge >= 0.3 is 0 Å². The smallest absolute Gasteiger partial charge is 0.191 e. The van der Waals surface area contributed by atoms with Crippen LogP contribution in [0.15, 0.2) is 29.5 Å². The Morgan fingerprint density at radius 2 is 2.03 bits per heavy atom. The summed E-state index contributed by atoms with van der Waals surface area (Å²) in [6, 6.07) is 4.62. The number of imidazole rings is 1. The molecular weight excluding hydrogens is 479 g/mol. The van der Waals surface area contributed by atoms with Gasteiger partial charge in [0.05, 0.1) is 18.9 Å². The number of pyridine rings is 1. The summed E-state index contributed by atoms with van der Waals surface area (Å²) >= 11 is 0. The molecule has 162 valence electrons. The molecule has 1 fully saturated rings. The molecule has 1 aliphatic rings. The molecule has 1 aliphatic heterocycles. The number of nitrogens with one attached hydrogen (secondary N) is 2. The zero-order chi connectivity index (χ0) is 19.9. The molecule has 0 aliphatic carbocycles. The Morgan fingerprint density at radius 3 is 2.69 bits per heavy atom. The second-order valence-electron chi connectivity index (χ2n) is 7.74. The average Bonchev–Trinajstić information content (AvgIpc) is 3.12. The van der Waals surface area contributed by atoms with Gasteiger partial charge in [-0.3, -0.25) is 9.89 Å². The van der Waals surface area contributed by atoms with Crippen molar-refractivity contribution in [1.82, 2.24) is 24.9 Å². The monoisotopic (exact) mass is 514 g/mol. The van der Waals surface area contributed by atoms with Crippen LogP contribution in [0, 0.1) is 12.8 Å². The number of ether oxygens (including phenoxy) is 1. The van der Waals surface area contributed by atoms with Crippen LogP contribution >= 0.6 is 24.0 Å². The number of aromatic nitrogens is 2. The van der Waals surface area contributed by atoms with E-state index in [1.165, 1.54) is 5.56 Å². The first kappa shape index (κ1) is 23.9. The standard InChI is InChI=1S/C21H34N6O.HI/c1-16(2)19(26-10-12-28-13-11-26)14-24-21(22-4)23-8-7-18-15-27-9-5-6-17(3)20(27)25-18;/h5-6,9,15-16,19H,7-8,10-14H2,1-4H3,(H2,22,23,24);1H. The number of aryl methyl sites for hydroxylation is 1. The van der Waals surface area contributed by atoms with Crippen LogP contribution in [-0.4, -0.2) is 72.7 Å². The van der Waals surface area contributed by atoms with Gasteiger partial charge in [-0.25, -0.2) is 4.98 Å². The fourth-order valence-electron chi connectivity index (χ4n) is 3.75. The topological polar surface area (TPSA) is 66.2 Å². The highest BCUT2D eigenvalue weighted by Gasteiger charge is 2.23. The molecule has 8 heteroatoms. The number of halogens is 1. The number of rotatable bonds is 7. The molecule has 0 bridgehead atoms. The second kappa shape index (κ2) is 11.7. The third kappa shape index (κ3) is 6.55. The lowest BCUT2D eigenvalue weighted by atomic mass is 10.0. The van der Waals surface area contributed by atoms with Crippen LogP contribution in [-0.2, 0) is 11.2 Å². The van der Waals surface area contributed by atoms with Crippen LogP contribution in [0.2, 0.25) is 0 Å². The normalized spacial score (nSPS) is 16.7. The van der Waals surface area contributed by atoms with Crippen molar-refractivity contribution in [1.29, 1.82) is 0 Å². The van der Waals surface area contributed by atoms with Gasteiger partial charge in [0.15, 0.2) is 5.96 Å². The lowest BCUT2D eigenvalue weighted by Gasteiger charge is -2.37. The minimum Gasteiger partial charge on any atom is -0.379 e. The third-order valence-corrected chi connectivity index (χ3v) is 5.39. The van der Waals surface area contributed by atoms with Crippen LogP contribution in [0.1, 0.15) is 25.1 Å². The number of hydrogen-bond donors (Lipinski definition) is 2. The fraction of sp³-hybridized carbons (Fsp3) is 0.619. The predicted octanol–water partition coefficient (Wildman–Crippen LogP) is 2.33. The minimum absolute atomic E-state index is 0. The molecule has 29 heavy (non-hydrogen) atoms. The number of morpholine rings is 1. The highest BCUT2D eigenvalue weighted by Crippen LogP contribution is 2.12. The summed E-state index contributed by atoms with van der Waals surface area (Å²) in [4.78, 5) is 11.6.